The molecule has 0 fully saturated rings. The fraction of sp³-hybridized carbons (Fsp3) is 0.267. The second kappa shape index (κ2) is 7.21. The third-order valence-corrected chi connectivity index (χ3v) is 11.5. The molecule has 0 radical (unpaired) electrons. The molecule has 0 spiro atoms. The van der Waals surface area contributed by atoms with Crippen molar-refractivity contribution in [3.05, 3.63) is 99.1 Å². The molecule has 0 amide bonds. The van der Waals surface area contributed by atoms with E-state index in [0.29, 0.717) is 5.54 Å². The van der Waals surface area contributed by atoms with Gasteiger partial charge in [-0.25, -0.2) is 0 Å². The van der Waals surface area contributed by atoms with Crippen LogP contribution in [0.25, 0.3) is 23.3 Å². The molecule has 0 aromatic heterocycles. The Morgan fingerprint density at radius 3 is 2.35 bits per heavy atom. The zero-order valence-corrected chi connectivity index (χ0v) is 20.6. The van der Waals surface area contributed by atoms with Gasteiger partial charge in [0.1, 0.15) is 0 Å². The molecule has 3 aromatic carbocycles. The van der Waals surface area contributed by atoms with Crippen molar-refractivity contribution in [2.75, 3.05) is 0 Å². The molecule has 0 aliphatic heterocycles. The van der Waals surface area contributed by atoms with Crippen LogP contribution in [0.4, 0.5) is 0 Å². The first-order valence-electron chi connectivity index (χ1n) is 11.5. The molecule has 31 heavy (non-hydrogen) atoms. The number of hydrogen-bond donors (Lipinski definition) is 0. The fourth-order valence-electron chi connectivity index (χ4n) is 6.02. The third kappa shape index (κ3) is 3.18. The van der Waals surface area contributed by atoms with Gasteiger partial charge >= 0.3 is 0 Å². The minimum absolute atomic E-state index is 0.522. The summed E-state index contributed by atoms with van der Waals surface area (Å²) in [6.07, 6.45) is 6.04. The van der Waals surface area contributed by atoms with Crippen LogP contribution in [-0.4, -0.2) is 8.07 Å². The number of hydrogen-bond acceptors (Lipinski definition) is 0. The van der Waals surface area contributed by atoms with Gasteiger partial charge in [0, 0.05) is 5.54 Å². The van der Waals surface area contributed by atoms with Crippen LogP contribution in [0.3, 0.4) is 0 Å². The summed E-state index contributed by atoms with van der Waals surface area (Å²) >= 11 is 0. The van der Waals surface area contributed by atoms with E-state index >= 15 is 0 Å². The summed E-state index contributed by atoms with van der Waals surface area (Å²) in [5, 5.41) is 1.62. The van der Waals surface area contributed by atoms with Crippen molar-refractivity contribution in [1.29, 1.82) is 0 Å². The van der Waals surface area contributed by atoms with E-state index in [-0.39, 0.29) is 0 Å². The van der Waals surface area contributed by atoms with Gasteiger partial charge in [-0.15, -0.1) is 0 Å². The van der Waals surface area contributed by atoms with Gasteiger partial charge in [0.05, 0.1) is 8.07 Å². The van der Waals surface area contributed by atoms with Crippen LogP contribution in [0.5, 0.6) is 0 Å². The first-order valence-corrected chi connectivity index (χ1v) is 14.5. The summed E-state index contributed by atoms with van der Waals surface area (Å²) in [6.45, 7) is 14.2. The van der Waals surface area contributed by atoms with Gasteiger partial charge in [0.2, 0.25) is 0 Å². The molecule has 2 aliphatic rings. The molecular formula is C30H32Si. The second-order valence-corrected chi connectivity index (χ2v) is 14.8. The zero-order valence-electron chi connectivity index (χ0n) is 19.6. The highest BCUT2D eigenvalue weighted by atomic mass is 28.3. The molecular weight excluding hydrogens is 388 g/mol. The van der Waals surface area contributed by atoms with Crippen LogP contribution in [0.2, 0.25) is 13.1 Å². The van der Waals surface area contributed by atoms with Crippen molar-refractivity contribution in [3.8, 4) is 11.1 Å². The number of fused-ring (bicyclic) bond motifs is 2. The molecule has 0 saturated carbocycles. The fourth-order valence-corrected chi connectivity index (χ4v) is 10.0. The lowest BCUT2D eigenvalue weighted by atomic mass is 9.93. The van der Waals surface area contributed by atoms with E-state index in [9.17, 15) is 0 Å². The Bertz CT molecular complexity index is 1270. The minimum Gasteiger partial charge on any atom is -0.0683 e. The van der Waals surface area contributed by atoms with Gasteiger partial charge in [-0.1, -0.05) is 102 Å². The largest absolute Gasteiger partial charge is 0.0931 e. The van der Waals surface area contributed by atoms with Gasteiger partial charge < -0.3 is 0 Å². The van der Waals surface area contributed by atoms with Crippen molar-refractivity contribution in [3.63, 3.8) is 0 Å². The standard InChI is InChI=1S/C30H32Si/c1-19-13-14-21(3)26(16-19)24-10-8-11-25-28(24)18-22(4)30(25)31(5,6)29-12-7-9-23-15-20(2)17-27(23)29/h7-14,16-18,30H,15H2,1-6H3. The lowest BCUT2D eigenvalue weighted by Gasteiger charge is -2.34. The Balaban J connectivity index is 1.67. The topological polar surface area (TPSA) is 0 Å². The van der Waals surface area contributed by atoms with Crippen molar-refractivity contribution in [2.45, 2.75) is 52.8 Å². The number of rotatable bonds is 3. The van der Waals surface area contributed by atoms with Crippen molar-refractivity contribution < 1.29 is 0 Å². The van der Waals surface area contributed by atoms with Crippen LogP contribution in [-0.2, 0) is 6.42 Å². The van der Waals surface area contributed by atoms with E-state index in [2.05, 4.69) is 108 Å². The van der Waals surface area contributed by atoms with Gasteiger partial charge in [-0.3, -0.25) is 0 Å². The molecule has 3 aromatic rings. The Morgan fingerprint density at radius 2 is 1.55 bits per heavy atom. The summed E-state index contributed by atoms with van der Waals surface area (Å²) in [5.74, 6) is 0. The van der Waals surface area contributed by atoms with E-state index in [0.717, 1.165) is 6.42 Å². The van der Waals surface area contributed by atoms with Crippen LogP contribution >= 0.6 is 0 Å². The summed E-state index contributed by atoms with van der Waals surface area (Å²) in [4.78, 5) is 0. The molecule has 1 heteroatoms. The highest BCUT2D eigenvalue weighted by Gasteiger charge is 2.41. The molecule has 0 bridgehead atoms. The number of allylic oxidation sites excluding steroid dienone is 2. The van der Waals surface area contributed by atoms with E-state index < -0.39 is 8.07 Å². The van der Waals surface area contributed by atoms with Crippen LogP contribution in [0, 0.1) is 13.8 Å². The Hall–Kier alpha value is -2.64. The second-order valence-electron chi connectivity index (χ2n) is 10.2. The SMILES string of the molecule is CC1=Cc2c(cccc2[Si](C)(C)C2C(C)=Cc3c(-c4cc(C)ccc4C)cccc32)C1. The first kappa shape index (κ1) is 20.3. The number of benzene rings is 3. The molecule has 156 valence electrons. The summed E-state index contributed by atoms with van der Waals surface area (Å²) < 4.78 is 0. The minimum atomic E-state index is -1.81. The monoisotopic (exact) mass is 420 g/mol. The highest BCUT2D eigenvalue weighted by molar-refractivity contribution is 6.92. The molecule has 1 unspecified atom stereocenters. The molecule has 0 heterocycles. The molecule has 0 saturated heterocycles. The van der Waals surface area contributed by atoms with Gasteiger partial charge in [0.25, 0.3) is 0 Å². The Kier molecular flexibility index (Phi) is 4.71. The zero-order chi connectivity index (χ0) is 21.9. The average Bonchev–Trinajstić information content (AvgIpc) is 3.27. The van der Waals surface area contributed by atoms with Crippen LogP contribution < -0.4 is 5.19 Å². The molecule has 0 N–H and O–H groups in total. The highest BCUT2D eigenvalue weighted by Crippen LogP contribution is 2.46. The van der Waals surface area contributed by atoms with Crippen LogP contribution in [0.15, 0.2) is 65.7 Å². The predicted octanol–water partition coefficient (Wildman–Crippen LogP) is 7.59. The summed E-state index contributed by atoms with van der Waals surface area (Å²) in [5.41, 5.74) is 15.0. The van der Waals surface area contributed by atoms with Crippen molar-refractivity contribution >= 4 is 25.4 Å². The number of aryl methyl sites for hydroxylation is 2. The van der Waals surface area contributed by atoms with Gasteiger partial charge in [-0.05, 0) is 73.1 Å². The first-order chi connectivity index (χ1) is 14.8. The summed E-state index contributed by atoms with van der Waals surface area (Å²) in [6, 6.07) is 20.8. The maximum Gasteiger partial charge on any atom is 0.0931 e. The third-order valence-electron chi connectivity index (χ3n) is 7.43. The average molecular weight is 421 g/mol. The van der Waals surface area contributed by atoms with Crippen LogP contribution in [0.1, 0.15) is 52.8 Å². The van der Waals surface area contributed by atoms with E-state index in [1.54, 1.807) is 5.19 Å². The Morgan fingerprint density at radius 1 is 0.774 bits per heavy atom. The predicted molar refractivity (Wildman–Crippen MR) is 139 cm³/mol. The van der Waals surface area contributed by atoms with Gasteiger partial charge in [-0.2, -0.15) is 0 Å². The van der Waals surface area contributed by atoms with Gasteiger partial charge in [0.15, 0.2) is 0 Å². The van der Waals surface area contributed by atoms with Crippen molar-refractivity contribution in [2.24, 2.45) is 0 Å². The maximum absolute atomic E-state index is 2.58. The summed E-state index contributed by atoms with van der Waals surface area (Å²) in [7, 11) is -1.81. The lowest BCUT2D eigenvalue weighted by molar-refractivity contribution is 1.08. The Labute approximate surface area is 188 Å². The maximum atomic E-state index is 2.58. The van der Waals surface area contributed by atoms with E-state index in [1.165, 1.54) is 55.7 Å². The van der Waals surface area contributed by atoms with E-state index in [4.69, 9.17) is 0 Å². The lowest BCUT2D eigenvalue weighted by Crippen LogP contribution is -2.49. The molecule has 1 atom stereocenters. The molecule has 2 aliphatic carbocycles. The van der Waals surface area contributed by atoms with Crippen molar-refractivity contribution in [1.82, 2.24) is 0 Å². The van der Waals surface area contributed by atoms with E-state index in [1.807, 2.05) is 0 Å². The normalized spacial score (nSPS) is 17.3. The molecule has 5 rings (SSSR count). The quantitative estimate of drug-likeness (QED) is 0.383. The molecule has 0 nitrogen and oxygen atoms in total. The smallest absolute Gasteiger partial charge is 0.0683 e.